The van der Waals surface area contributed by atoms with Gasteiger partial charge in [-0.25, -0.2) is 0 Å². The second-order valence-corrected chi connectivity index (χ2v) is 8.40. The van der Waals surface area contributed by atoms with Gasteiger partial charge in [0.2, 0.25) is 0 Å². The average Bonchev–Trinajstić information content (AvgIpc) is 2.71. The van der Waals surface area contributed by atoms with Crippen molar-refractivity contribution in [2.75, 3.05) is 7.05 Å². The van der Waals surface area contributed by atoms with Gasteiger partial charge in [-0.3, -0.25) is 18.8 Å². The summed E-state index contributed by atoms with van der Waals surface area (Å²) in [5.74, 6) is 0.210. The molecule has 2 aromatic rings. The van der Waals surface area contributed by atoms with Gasteiger partial charge >= 0.3 is 10.4 Å². The number of aliphatic hydroxyl groups is 1. The van der Waals surface area contributed by atoms with Crippen molar-refractivity contribution in [3.05, 3.63) is 71.8 Å². The van der Waals surface area contributed by atoms with Crippen LogP contribution in [0, 0.1) is 0 Å². The van der Waals surface area contributed by atoms with Crippen LogP contribution in [0.4, 0.5) is 0 Å². The Hall–Kier alpha value is -1.81. The molecule has 3 atom stereocenters. The lowest BCUT2D eigenvalue weighted by Gasteiger charge is -2.40. The third-order valence-corrected chi connectivity index (χ3v) is 5.42. The van der Waals surface area contributed by atoms with E-state index in [1.807, 2.05) is 60.7 Å². The highest BCUT2D eigenvalue weighted by Crippen LogP contribution is 2.30. The Morgan fingerprint density at radius 3 is 2.03 bits per heavy atom. The van der Waals surface area contributed by atoms with E-state index in [0.29, 0.717) is 12.5 Å². The van der Waals surface area contributed by atoms with Crippen LogP contribution in [0.5, 0.6) is 0 Å². The molecule has 1 heterocycles. The fourth-order valence-electron chi connectivity index (χ4n) is 3.85. The number of Topliss-reactive ketones (excluding diaryl/α,β-unsaturated/α-hetero) is 1. The zero-order chi connectivity index (χ0) is 22.1. The maximum absolute atomic E-state index is 12.5. The number of piperidine rings is 1. The quantitative estimate of drug-likeness (QED) is 0.430. The Morgan fingerprint density at radius 1 is 1.00 bits per heavy atom. The molecule has 3 N–H and O–H groups in total. The van der Waals surface area contributed by atoms with Crippen molar-refractivity contribution in [1.29, 1.82) is 0 Å². The molecule has 0 saturated carbocycles. The first-order chi connectivity index (χ1) is 14.1. The molecule has 1 aliphatic heterocycles. The minimum absolute atomic E-state index is 0. The number of rotatable bonds is 6. The van der Waals surface area contributed by atoms with Crippen molar-refractivity contribution >= 4 is 28.6 Å². The van der Waals surface area contributed by atoms with E-state index in [2.05, 4.69) is 11.9 Å². The van der Waals surface area contributed by atoms with E-state index in [-0.39, 0.29) is 24.2 Å². The van der Waals surface area contributed by atoms with Crippen molar-refractivity contribution in [2.24, 2.45) is 0 Å². The molecular weight excluding hydrogens is 442 g/mol. The monoisotopic (exact) mass is 471 g/mol. The van der Waals surface area contributed by atoms with E-state index in [0.717, 1.165) is 36.8 Å². The van der Waals surface area contributed by atoms with Gasteiger partial charge in [-0.05, 0) is 31.9 Å². The van der Waals surface area contributed by atoms with Crippen LogP contribution in [-0.4, -0.2) is 52.4 Å². The van der Waals surface area contributed by atoms with Crippen LogP contribution in [0.3, 0.4) is 0 Å². The molecule has 3 unspecified atom stereocenters. The molecule has 0 amide bonds. The third kappa shape index (κ3) is 9.90. The summed E-state index contributed by atoms with van der Waals surface area (Å²) in [6, 6.07) is 20.0. The molecule has 1 saturated heterocycles. The number of hydrogen-bond donors (Lipinski definition) is 3. The van der Waals surface area contributed by atoms with E-state index < -0.39 is 16.5 Å². The van der Waals surface area contributed by atoms with E-state index in [9.17, 15) is 9.90 Å². The summed E-state index contributed by atoms with van der Waals surface area (Å²) >= 11 is 0. The van der Waals surface area contributed by atoms with Crippen LogP contribution in [0.25, 0.3) is 0 Å². The summed E-state index contributed by atoms with van der Waals surface area (Å²) in [4.78, 5) is 14.8. The first-order valence-corrected chi connectivity index (χ1v) is 11.3. The number of carbonyl (C=O) groups is 1. The number of halogens is 1. The molecule has 0 radical (unpaired) electrons. The minimum Gasteiger partial charge on any atom is -0.388 e. The summed E-state index contributed by atoms with van der Waals surface area (Å²) in [6.07, 6.45) is 4.07. The van der Waals surface area contributed by atoms with Gasteiger partial charge in [0.25, 0.3) is 0 Å². The van der Waals surface area contributed by atoms with Crippen LogP contribution >= 0.6 is 12.4 Å². The molecule has 9 heteroatoms. The second kappa shape index (κ2) is 12.9. The summed E-state index contributed by atoms with van der Waals surface area (Å²) in [6.45, 7) is 0. The standard InChI is InChI=1S/C22H27NO2.ClH.H2O4S/c1-23-19(15-21(24)17-9-4-2-5-10-17)13-8-14-20(23)16-22(25)18-11-6-3-7-12-18;;1-5(2,3)4/h2-7,9-12,19-21,24H,8,13-16H2,1H3;1H;(H2,1,2,3,4). The van der Waals surface area contributed by atoms with Crippen molar-refractivity contribution in [3.8, 4) is 0 Å². The van der Waals surface area contributed by atoms with Gasteiger partial charge in [0, 0.05) is 24.1 Å². The van der Waals surface area contributed by atoms with Gasteiger partial charge in [-0.1, -0.05) is 67.1 Å². The van der Waals surface area contributed by atoms with Crippen LogP contribution in [0.2, 0.25) is 0 Å². The molecule has 0 aliphatic carbocycles. The van der Waals surface area contributed by atoms with Crippen LogP contribution in [-0.2, 0) is 10.4 Å². The predicted molar refractivity (Wildman–Crippen MR) is 122 cm³/mol. The third-order valence-electron chi connectivity index (χ3n) is 5.42. The maximum atomic E-state index is 12.5. The van der Waals surface area contributed by atoms with Gasteiger partial charge in [-0.15, -0.1) is 12.4 Å². The fraction of sp³-hybridized carbons (Fsp3) is 0.409. The molecule has 172 valence electrons. The second-order valence-electron chi connectivity index (χ2n) is 7.51. The Labute approximate surface area is 190 Å². The topological polar surface area (TPSA) is 115 Å². The predicted octanol–water partition coefficient (Wildman–Crippen LogP) is 4.01. The molecule has 1 aliphatic rings. The van der Waals surface area contributed by atoms with Crippen molar-refractivity contribution in [1.82, 2.24) is 4.90 Å². The summed E-state index contributed by atoms with van der Waals surface area (Å²) in [5.41, 5.74) is 1.76. The highest BCUT2D eigenvalue weighted by atomic mass is 35.5. The van der Waals surface area contributed by atoms with Crippen LogP contribution < -0.4 is 0 Å². The largest absolute Gasteiger partial charge is 0.394 e. The van der Waals surface area contributed by atoms with E-state index in [1.165, 1.54) is 0 Å². The van der Waals surface area contributed by atoms with Gasteiger partial charge < -0.3 is 5.11 Å². The van der Waals surface area contributed by atoms with Crippen molar-refractivity contribution in [3.63, 3.8) is 0 Å². The highest BCUT2D eigenvalue weighted by molar-refractivity contribution is 7.79. The Morgan fingerprint density at radius 2 is 1.48 bits per heavy atom. The first kappa shape index (κ1) is 27.2. The van der Waals surface area contributed by atoms with Gasteiger partial charge in [-0.2, -0.15) is 8.42 Å². The van der Waals surface area contributed by atoms with Crippen molar-refractivity contribution < 1.29 is 27.4 Å². The molecule has 0 bridgehead atoms. The molecule has 3 rings (SSSR count). The van der Waals surface area contributed by atoms with E-state index in [1.54, 1.807) is 0 Å². The number of aliphatic hydroxyl groups excluding tert-OH is 1. The number of ketones is 1. The summed E-state index contributed by atoms with van der Waals surface area (Å²) in [5, 5.41) is 10.5. The minimum atomic E-state index is -4.67. The lowest BCUT2D eigenvalue weighted by molar-refractivity contribution is 0.0549. The number of likely N-dealkylation sites (tertiary alicyclic amines) is 1. The molecule has 7 nitrogen and oxygen atoms in total. The highest BCUT2D eigenvalue weighted by Gasteiger charge is 2.30. The molecule has 1 fully saturated rings. The average molecular weight is 472 g/mol. The number of carbonyl (C=O) groups excluding carboxylic acids is 1. The van der Waals surface area contributed by atoms with Gasteiger partial charge in [0.15, 0.2) is 5.78 Å². The normalized spacial score (nSPS) is 20.0. The summed E-state index contributed by atoms with van der Waals surface area (Å²) < 4.78 is 31.6. The lowest BCUT2D eigenvalue weighted by atomic mass is 9.88. The molecular formula is C22H30ClNO6S. The van der Waals surface area contributed by atoms with Crippen LogP contribution in [0.1, 0.15) is 54.1 Å². The molecule has 0 aromatic heterocycles. The van der Waals surface area contributed by atoms with Gasteiger partial charge in [0.1, 0.15) is 0 Å². The number of benzene rings is 2. The fourth-order valence-corrected chi connectivity index (χ4v) is 3.85. The van der Waals surface area contributed by atoms with E-state index in [4.69, 9.17) is 17.5 Å². The summed E-state index contributed by atoms with van der Waals surface area (Å²) in [7, 11) is -2.56. The molecule has 0 spiro atoms. The SMILES string of the molecule is CN1C(CC(=O)c2ccccc2)CCCC1CC(O)c1ccccc1.Cl.O=S(=O)(O)O. The van der Waals surface area contributed by atoms with Gasteiger partial charge in [0.05, 0.1) is 6.10 Å². The first-order valence-electron chi connectivity index (χ1n) is 9.88. The number of hydrogen-bond acceptors (Lipinski definition) is 5. The number of nitrogens with zero attached hydrogens (tertiary/aromatic N) is 1. The zero-order valence-corrected chi connectivity index (χ0v) is 19.0. The smallest absolute Gasteiger partial charge is 0.388 e. The van der Waals surface area contributed by atoms with Crippen LogP contribution in [0.15, 0.2) is 60.7 Å². The maximum Gasteiger partial charge on any atom is 0.394 e. The molecule has 2 aromatic carbocycles. The lowest BCUT2D eigenvalue weighted by Crippen LogP contribution is -2.45. The Bertz CT molecular complexity index is 887. The Balaban J connectivity index is 0.000000721. The Kier molecular flexibility index (Phi) is 11.3. The molecule has 31 heavy (non-hydrogen) atoms. The van der Waals surface area contributed by atoms with E-state index >= 15 is 0 Å². The van der Waals surface area contributed by atoms with Crippen molar-refractivity contribution in [2.45, 2.75) is 50.3 Å². The zero-order valence-electron chi connectivity index (χ0n) is 17.4.